The zero-order valence-corrected chi connectivity index (χ0v) is 13.7. The smallest absolute Gasteiger partial charge is 0.331 e. The molecule has 2 amide bonds. The Bertz CT molecular complexity index is 452. The molecule has 21 heavy (non-hydrogen) atoms. The topological polar surface area (TPSA) is 75.7 Å². The summed E-state index contributed by atoms with van der Waals surface area (Å²) in [5, 5.41) is 2.72. The summed E-state index contributed by atoms with van der Waals surface area (Å²) in [6.45, 7) is 5.17. The van der Waals surface area contributed by atoms with Crippen molar-refractivity contribution in [2.75, 3.05) is 18.7 Å². The van der Waals surface area contributed by atoms with Gasteiger partial charge in [0.05, 0.1) is 13.0 Å². The molecule has 1 N–H and O–H groups in total. The van der Waals surface area contributed by atoms with Crippen molar-refractivity contribution in [3.05, 3.63) is 12.2 Å². The Morgan fingerprint density at radius 1 is 1.48 bits per heavy atom. The van der Waals surface area contributed by atoms with Crippen molar-refractivity contribution in [3.63, 3.8) is 0 Å². The first kappa shape index (κ1) is 17.6. The number of esters is 1. The Morgan fingerprint density at radius 2 is 2.14 bits per heavy atom. The van der Waals surface area contributed by atoms with Crippen LogP contribution < -0.4 is 5.32 Å². The van der Waals surface area contributed by atoms with E-state index in [0.29, 0.717) is 18.1 Å². The third kappa shape index (κ3) is 4.00. The van der Waals surface area contributed by atoms with Gasteiger partial charge in [0.15, 0.2) is 0 Å². The molecule has 0 bridgehead atoms. The maximum absolute atomic E-state index is 12.4. The van der Waals surface area contributed by atoms with Crippen molar-refractivity contribution in [3.8, 4) is 0 Å². The second-order valence-electron chi connectivity index (χ2n) is 4.99. The van der Waals surface area contributed by atoms with Crippen LogP contribution in [0.15, 0.2) is 12.2 Å². The summed E-state index contributed by atoms with van der Waals surface area (Å²) in [5.41, 5.74) is -1.07. The zero-order valence-electron chi connectivity index (χ0n) is 12.8. The summed E-state index contributed by atoms with van der Waals surface area (Å²) < 4.78 is 4.73. The molecule has 6 nitrogen and oxygen atoms in total. The van der Waals surface area contributed by atoms with Gasteiger partial charge in [-0.15, -0.1) is 11.8 Å². The fourth-order valence-corrected chi connectivity index (χ4v) is 3.14. The minimum absolute atomic E-state index is 0.195. The fraction of sp³-hybridized carbons (Fsp3) is 0.643. The molecule has 0 aromatic heterocycles. The van der Waals surface area contributed by atoms with Crippen molar-refractivity contribution in [1.29, 1.82) is 0 Å². The molecule has 1 rings (SSSR count). The van der Waals surface area contributed by atoms with Crippen LogP contribution in [0.2, 0.25) is 0 Å². The van der Waals surface area contributed by atoms with Gasteiger partial charge >= 0.3 is 5.97 Å². The molecule has 0 aromatic carbocycles. The summed E-state index contributed by atoms with van der Waals surface area (Å²) in [6.07, 6.45) is 3.49. The molecule has 0 aliphatic carbocycles. The van der Waals surface area contributed by atoms with E-state index in [1.165, 1.54) is 29.8 Å². The van der Waals surface area contributed by atoms with E-state index in [1.807, 2.05) is 0 Å². The van der Waals surface area contributed by atoms with Crippen LogP contribution in [0.5, 0.6) is 0 Å². The lowest BCUT2D eigenvalue weighted by Gasteiger charge is -2.30. The number of thioether (sulfide) groups is 1. The van der Waals surface area contributed by atoms with E-state index in [2.05, 4.69) is 5.32 Å². The van der Waals surface area contributed by atoms with Crippen LogP contribution in [0.4, 0.5) is 0 Å². The molecule has 118 valence electrons. The minimum atomic E-state index is -1.07. The first-order valence-electron chi connectivity index (χ1n) is 6.81. The molecule has 0 radical (unpaired) electrons. The van der Waals surface area contributed by atoms with Gasteiger partial charge in [-0.2, -0.15) is 0 Å². The van der Waals surface area contributed by atoms with Gasteiger partial charge in [0, 0.05) is 5.75 Å². The summed E-state index contributed by atoms with van der Waals surface area (Å²) in [7, 11) is 1.29. The number of allylic oxidation sites excluding steroid dienone is 1. The molecule has 0 saturated carbocycles. The quantitative estimate of drug-likeness (QED) is 0.603. The van der Waals surface area contributed by atoms with E-state index in [4.69, 9.17) is 4.74 Å². The zero-order chi connectivity index (χ0) is 16.0. The second-order valence-corrected chi connectivity index (χ2v) is 5.99. The van der Waals surface area contributed by atoms with Crippen LogP contribution in [0, 0.1) is 0 Å². The summed E-state index contributed by atoms with van der Waals surface area (Å²) in [4.78, 5) is 37.7. The molecule has 0 aromatic rings. The van der Waals surface area contributed by atoms with Gasteiger partial charge in [0.2, 0.25) is 11.8 Å². The average molecular weight is 314 g/mol. The summed E-state index contributed by atoms with van der Waals surface area (Å²) >= 11 is 1.51. The number of hydrogen-bond acceptors (Lipinski definition) is 5. The van der Waals surface area contributed by atoms with Crippen LogP contribution in [0.3, 0.4) is 0 Å². The van der Waals surface area contributed by atoms with Gasteiger partial charge in [0.25, 0.3) is 0 Å². The van der Waals surface area contributed by atoms with Crippen molar-refractivity contribution in [1.82, 2.24) is 10.2 Å². The van der Waals surface area contributed by atoms with E-state index in [0.717, 1.165) is 0 Å². The summed E-state index contributed by atoms with van der Waals surface area (Å²) in [6, 6.07) is -0.561. The fourth-order valence-electron chi connectivity index (χ4n) is 1.98. The maximum atomic E-state index is 12.4. The van der Waals surface area contributed by atoms with Crippen molar-refractivity contribution in [2.24, 2.45) is 0 Å². The third-order valence-electron chi connectivity index (χ3n) is 3.52. The average Bonchev–Trinajstić information content (AvgIpc) is 2.96. The Hall–Kier alpha value is -1.50. The lowest BCUT2D eigenvalue weighted by atomic mass is 9.98. The molecule has 7 heteroatoms. The summed E-state index contributed by atoms with van der Waals surface area (Å²) in [5.74, 6) is -0.0137. The molecule has 1 fully saturated rings. The largest absolute Gasteiger partial charge is 0.467 e. The number of rotatable bonds is 5. The molecule has 1 aliphatic heterocycles. The number of amides is 2. The van der Waals surface area contributed by atoms with Crippen LogP contribution in [0.25, 0.3) is 0 Å². The Balaban J connectivity index is 2.82. The van der Waals surface area contributed by atoms with Gasteiger partial charge in [-0.25, -0.2) is 4.79 Å². The van der Waals surface area contributed by atoms with Crippen molar-refractivity contribution in [2.45, 2.75) is 38.8 Å². The highest BCUT2D eigenvalue weighted by atomic mass is 32.2. The normalized spacial score (nSPS) is 21.1. The van der Waals surface area contributed by atoms with Crippen LogP contribution in [-0.4, -0.2) is 53.0 Å². The number of nitrogens with one attached hydrogen (secondary N) is 1. The Kier molecular flexibility index (Phi) is 6.26. The number of nitrogens with zero attached hydrogens (tertiary/aromatic N) is 1. The number of ether oxygens (including phenoxy) is 1. The van der Waals surface area contributed by atoms with Gasteiger partial charge < -0.3 is 15.0 Å². The van der Waals surface area contributed by atoms with Gasteiger partial charge in [-0.05, 0) is 26.3 Å². The van der Waals surface area contributed by atoms with Gasteiger partial charge in [-0.1, -0.05) is 13.0 Å². The molecular weight excluding hydrogens is 292 g/mol. The highest BCUT2D eigenvalue weighted by molar-refractivity contribution is 7.99. The number of carbonyl (C=O) groups excluding carboxylic acids is 3. The molecular formula is C14H22N2O4S. The second kappa shape index (κ2) is 7.49. The SMILES string of the molecule is C/C=C/C(=O)N1CSCC1C(=O)NC(C)(CC)C(=O)OC. The Labute approximate surface area is 129 Å². The monoisotopic (exact) mass is 314 g/mol. The van der Waals surface area contributed by atoms with Gasteiger partial charge in [-0.3, -0.25) is 9.59 Å². The van der Waals surface area contributed by atoms with Crippen LogP contribution in [-0.2, 0) is 19.1 Å². The van der Waals surface area contributed by atoms with Crippen LogP contribution >= 0.6 is 11.8 Å². The molecule has 1 aliphatic rings. The van der Waals surface area contributed by atoms with Crippen molar-refractivity contribution >= 4 is 29.5 Å². The lowest BCUT2D eigenvalue weighted by Crippen LogP contribution is -2.57. The molecule has 1 heterocycles. The molecule has 1 saturated heterocycles. The lowest BCUT2D eigenvalue weighted by molar-refractivity contribution is -0.151. The maximum Gasteiger partial charge on any atom is 0.331 e. The molecule has 2 unspecified atom stereocenters. The molecule has 0 spiro atoms. The minimum Gasteiger partial charge on any atom is -0.467 e. The third-order valence-corrected chi connectivity index (χ3v) is 4.53. The van der Waals surface area contributed by atoms with E-state index in [9.17, 15) is 14.4 Å². The van der Waals surface area contributed by atoms with Gasteiger partial charge in [0.1, 0.15) is 11.6 Å². The van der Waals surface area contributed by atoms with E-state index in [-0.39, 0.29) is 11.8 Å². The highest BCUT2D eigenvalue weighted by Crippen LogP contribution is 2.22. The first-order valence-corrected chi connectivity index (χ1v) is 7.96. The van der Waals surface area contributed by atoms with Crippen LogP contribution in [0.1, 0.15) is 27.2 Å². The predicted molar refractivity (Wildman–Crippen MR) is 81.6 cm³/mol. The molecule has 2 atom stereocenters. The number of carbonyl (C=O) groups is 3. The number of methoxy groups -OCH3 is 1. The van der Waals surface area contributed by atoms with Crippen molar-refractivity contribution < 1.29 is 19.1 Å². The number of hydrogen-bond donors (Lipinski definition) is 1. The highest BCUT2D eigenvalue weighted by Gasteiger charge is 2.40. The van der Waals surface area contributed by atoms with E-state index < -0.39 is 17.6 Å². The standard InChI is InChI=1S/C14H22N2O4S/c1-5-7-11(17)16-9-21-8-10(16)12(18)15-14(3,6-2)13(19)20-4/h5,7,10H,6,8-9H2,1-4H3,(H,15,18)/b7-5+. The van der Waals surface area contributed by atoms with E-state index >= 15 is 0 Å². The first-order chi connectivity index (χ1) is 9.89. The van der Waals surface area contributed by atoms with E-state index in [1.54, 1.807) is 26.8 Å². The Morgan fingerprint density at radius 3 is 2.67 bits per heavy atom. The predicted octanol–water partition coefficient (Wildman–Crippen LogP) is 0.922.